The van der Waals surface area contributed by atoms with Gasteiger partial charge in [-0.15, -0.1) is 0 Å². The Hall–Kier alpha value is -1.92. The van der Waals surface area contributed by atoms with Crippen molar-refractivity contribution in [2.45, 2.75) is 25.9 Å². The molecule has 4 N–H and O–H groups in total. The maximum Gasteiger partial charge on any atom is 0.222 e. The van der Waals surface area contributed by atoms with Crippen molar-refractivity contribution in [1.29, 1.82) is 0 Å². The molecule has 2 amide bonds. The van der Waals surface area contributed by atoms with Gasteiger partial charge in [0, 0.05) is 32.8 Å². The van der Waals surface area contributed by atoms with Gasteiger partial charge in [-0.05, 0) is 24.1 Å². The summed E-state index contributed by atoms with van der Waals surface area (Å²) >= 11 is 0. The van der Waals surface area contributed by atoms with Gasteiger partial charge in [0.15, 0.2) is 0 Å². The molecule has 0 heterocycles. The maximum atomic E-state index is 11.6. The monoisotopic (exact) mass is 293 g/mol. The van der Waals surface area contributed by atoms with Gasteiger partial charge in [0.25, 0.3) is 0 Å². The zero-order valence-electron chi connectivity index (χ0n) is 12.5. The molecule has 1 aromatic rings. The number of anilines is 1. The summed E-state index contributed by atoms with van der Waals surface area (Å²) in [7, 11) is 1.54. The van der Waals surface area contributed by atoms with Crippen LogP contribution in [-0.4, -0.2) is 38.1 Å². The molecule has 0 aliphatic heterocycles. The molecule has 0 saturated carbocycles. The predicted octanol–water partition coefficient (Wildman–Crippen LogP) is 0.668. The van der Waals surface area contributed by atoms with Crippen molar-refractivity contribution >= 4 is 17.5 Å². The lowest BCUT2D eigenvalue weighted by Crippen LogP contribution is -2.33. The molecule has 1 rings (SSSR count). The molecule has 1 atom stereocenters. The minimum Gasteiger partial charge on any atom is -0.380 e. The van der Waals surface area contributed by atoms with E-state index in [0.717, 1.165) is 17.7 Å². The summed E-state index contributed by atoms with van der Waals surface area (Å²) in [4.78, 5) is 22.5. The first-order valence-electron chi connectivity index (χ1n) is 6.91. The SMILES string of the molecule is COC(CN)CC(=O)NCCc1ccc(NC(C)=O)cc1. The average Bonchev–Trinajstić information content (AvgIpc) is 2.46. The average molecular weight is 293 g/mol. The number of benzene rings is 1. The highest BCUT2D eigenvalue weighted by molar-refractivity contribution is 5.88. The molecular weight excluding hydrogens is 270 g/mol. The van der Waals surface area contributed by atoms with Crippen LogP contribution in [0.2, 0.25) is 0 Å². The second-order valence-electron chi connectivity index (χ2n) is 4.78. The summed E-state index contributed by atoms with van der Waals surface area (Å²) in [6, 6.07) is 7.53. The van der Waals surface area contributed by atoms with E-state index in [4.69, 9.17) is 10.5 Å². The molecule has 0 fully saturated rings. The minimum absolute atomic E-state index is 0.0674. The van der Waals surface area contributed by atoms with Gasteiger partial charge in [-0.2, -0.15) is 0 Å². The van der Waals surface area contributed by atoms with Crippen molar-refractivity contribution in [3.63, 3.8) is 0 Å². The molecule has 1 aromatic carbocycles. The number of nitrogens with one attached hydrogen (secondary N) is 2. The molecule has 0 saturated heterocycles. The Morgan fingerprint density at radius 3 is 2.48 bits per heavy atom. The van der Waals surface area contributed by atoms with Crippen molar-refractivity contribution in [3.05, 3.63) is 29.8 Å². The summed E-state index contributed by atoms with van der Waals surface area (Å²) < 4.78 is 5.06. The van der Waals surface area contributed by atoms with Crippen LogP contribution in [0, 0.1) is 0 Å². The molecule has 0 bridgehead atoms. The number of amides is 2. The minimum atomic E-state index is -0.234. The third kappa shape index (κ3) is 6.87. The molecule has 0 aliphatic rings. The summed E-state index contributed by atoms with van der Waals surface area (Å²) in [5.74, 6) is -0.162. The topological polar surface area (TPSA) is 93.4 Å². The fourth-order valence-corrected chi connectivity index (χ4v) is 1.85. The van der Waals surface area contributed by atoms with E-state index >= 15 is 0 Å². The van der Waals surface area contributed by atoms with E-state index in [1.165, 1.54) is 6.92 Å². The summed E-state index contributed by atoms with van der Waals surface area (Å²) in [6.45, 7) is 2.35. The summed E-state index contributed by atoms with van der Waals surface area (Å²) in [6.07, 6.45) is 0.767. The molecule has 0 spiro atoms. The van der Waals surface area contributed by atoms with Crippen molar-refractivity contribution in [1.82, 2.24) is 5.32 Å². The van der Waals surface area contributed by atoms with Gasteiger partial charge in [0.1, 0.15) is 0 Å². The van der Waals surface area contributed by atoms with Crippen LogP contribution < -0.4 is 16.4 Å². The fraction of sp³-hybridized carbons (Fsp3) is 0.467. The number of rotatable bonds is 8. The van der Waals surface area contributed by atoms with E-state index in [9.17, 15) is 9.59 Å². The highest BCUT2D eigenvalue weighted by Gasteiger charge is 2.10. The van der Waals surface area contributed by atoms with Crippen molar-refractivity contribution in [2.24, 2.45) is 5.73 Å². The largest absolute Gasteiger partial charge is 0.380 e. The standard InChI is InChI=1S/C15H23N3O3/c1-11(19)18-13-5-3-12(4-6-13)7-8-17-15(20)9-14(10-16)21-2/h3-6,14H,7-10,16H2,1-2H3,(H,17,20)(H,18,19). The summed E-state index contributed by atoms with van der Waals surface area (Å²) in [5.41, 5.74) is 7.32. The quantitative estimate of drug-likeness (QED) is 0.656. The smallest absolute Gasteiger partial charge is 0.222 e. The van der Waals surface area contributed by atoms with E-state index in [1.54, 1.807) is 7.11 Å². The highest BCUT2D eigenvalue weighted by atomic mass is 16.5. The number of carbonyl (C=O) groups excluding carboxylic acids is 2. The lowest BCUT2D eigenvalue weighted by molar-refractivity contribution is -0.123. The molecule has 6 heteroatoms. The number of hydrogen-bond acceptors (Lipinski definition) is 4. The first-order chi connectivity index (χ1) is 10.0. The second kappa shape index (κ2) is 9.10. The number of methoxy groups -OCH3 is 1. The van der Waals surface area contributed by atoms with E-state index in [-0.39, 0.29) is 24.3 Å². The first-order valence-corrected chi connectivity index (χ1v) is 6.91. The number of ether oxygens (including phenoxy) is 1. The van der Waals surface area contributed by atoms with Crippen molar-refractivity contribution in [2.75, 3.05) is 25.5 Å². The van der Waals surface area contributed by atoms with Crippen molar-refractivity contribution < 1.29 is 14.3 Å². The Kier molecular flexibility index (Phi) is 7.42. The Labute approximate surface area is 125 Å². The third-order valence-corrected chi connectivity index (χ3v) is 3.02. The molecule has 6 nitrogen and oxygen atoms in total. The maximum absolute atomic E-state index is 11.6. The Balaban J connectivity index is 2.32. The zero-order valence-corrected chi connectivity index (χ0v) is 12.5. The van der Waals surface area contributed by atoms with Crippen LogP contribution >= 0.6 is 0 Å². The Bertz CT molecular complexity index is 456. The van der Waals surface area contributed by atoms with Crippen LogP contribution in [0.3, 0.4) is 0 Å². The van der Waals surface area contributed by atoms with E-state index in [1.807, 2.05) is 24.3 Å². The van der Waals surface area contributed by atoms with Gasteiger partial charge in [-0.3, -0.25) is 9.59 Å². The van der Waals surface area contributed by atoms with E-state index in [2.05, 4.69) is 10.6 Å². The van der Waals surface area contributed by atoms with E-state index in [0.29, 0.717) is 13.1 Å². The number of nitrogens with two attached hydrogens (primary N) is 1. The Morgan fingerprint density at radius 2 is 1.95 bits per heavy atom. The molecular formula is C15H23N3O3. The van der Waals surface area contributed by atoms with Crippen LogP contribution in [0.4, 0.5) is 5.69 Å². The lowest BCUT2D eigenvalue weighted by atomic mass is 10.1. The number of carbonyl (C=O) groups is 2. The highest BCUT2D eigenvalue weighted by Crippen LogP contribution is 2.09. The van der Waals surface area contributed by atoms with Gasteiger partial charge in [-0.25, -0.2) is 0 Å². The Morgan fingerprint density at radius 1 is 1.29 bits per heavy atom. The van der Waals surface area contributed by atoms with Crippen LogP contribution in [-0.2, 0) is 20.7 Å². The van der Waals surface area contributed by atoms with Crippen LogP contribution in [0.1, 0.15) is 18.9 Å². The van der Waals surface area contributed by atoms with Gasteiger partial charge >= 0.3 is 0 Å². The molecule has 21 heavy (non-hydrogen) atoms. The van der Waals surface area contributed by atoms with Gasteiger partial charge in [0.05, 0.1) is 12.5 Å². The predicted molar refractivity (Wildman–Crippen MR) is 81.9 cm³/mol. The van der Waals surface area contributed by atoms with Gasteiger partial charge < -0.3 is 21.1 Å². The molecule has 0 aliphatic carbocycles. The second-order valence-corrected chi connectivity index (χ2v) is 4.78. The van der Waals surface area contributed by atoms with Crippen molar-refractivity contribution in [3.8, 4) is 0 Å². The molecule has 1 unspecified atom stereocenters. The molecule has 0 aromatic heterocycles. The number of hydrogen-bond donors (Lipinski definition) is 3. The molecule has 0 radical (unpaired) electrons. The first kappa shape index (κ1) is 17.1. The fourth-order valence-electron chi connectivity index (χ4n) is 1.85. The van der Waals surface area contributed by atoms with Gasteiger partial charge in [-0.1, -0.05) is 12.1 Å². The van der Waals surface area contributed by atoms with Crippen LogP contribution in [0.5, 0.6) is 0 Å². The zero-order chi connectivity index (χ0) is 15.7. The third-order valence-electron chi connectivity index (χ3n) is 3.02. The van der Waals surface area contributed by atoms with E-state index < -0.39 is 0 Å². The summed E-state index contributed by atoms with van der Waals surface area (Å²) in [5, 5.41) is 5.54. The molecule has 116 valence electrons. The van der Waals surface area contributed by atoms with Gasteiger partial charge in [0.2, 0.25) is 11.8 Å². The van der Waals surface area contributed by atoms with Crippen LogP contribution in [0.15, 0.2) is 24.3 Å². The lowest BCUT2D eigenvalue weighted by Gasteiger charge is -2.12. The normalized spacial score (nSPS) is 11.8. The van der Waals surface area contributed by atoms with Crippen LogP contribution in [0.25, 0.3) is 0 Å².